The van der Waals surface area contributed by atoms with E-state index in [4.69, 9.17) is 14.6 Å². The Morgan fingerprint density at radius 3 is 1.92 bits per heavy atom. The molecule has 0 heterocycles. The molecule has 5 heteroatoms. The van der Waals surface area contributed by atoms with Crippen LogP contribution in [0.1, 0.15) is 0 Å². The van der Waals surface area contributed by atoms with Crippen molar-refractivity contribution in [3.63, 3.8) is 0 Å². The fourth-order valence-corrected chi connectivity index (χ4v) is 1.52. The van der Waals surface area contributed by atoms with Crippen molar-refractivity contribution >= 4 is 7.43 Å². The van der Waals surface area contributed by atoms with E-state index in [0.29, 0.717) is 0 Å². The summed E-state index contributed by atoms with van der Waals surface area (Å²) >= 11 is 0. The van der Waals surface area contributed by atoms with Gasteiger partial charge in [-0.25, -0.2) is 0 Å². The second-order valence-corrected chi connectivity index (χ2v) is 5.85. The standard InChI is InChI=1S/C7H16NO3P/c1-4-6-10-12(3,8,9)11-7-5-2/h4-5,9H,1-2,6-8H2,3H3. The summed E-state index contributed by atoms with van der Waals surface area (Å²) in [6.07, 6.45) is 2.98. The van der Waals surface area contributed by atoms with Crippen LogP contribution in [0, 0.1) is 0 Å². The number of rotatable bonds is 6. The maximum absolute atomic E-state index is 9.61. The molecule has 0 aliphatic carbocycles. The van der Waals surface area contributed by atoms with Gasteiger partial charge in [0.1, 0.15) is 0 Å². The van der Waals surface area contributed by atoms with Crippen LogP contribution in [-0.4, -0.2) is 24.8 Å². The van der Waals surface area contributed by atoms with Crippen molar-refractivity contribution in [1.29, 1.82) is 0 Å². The Balaban J connectivity index is 4.06. The zero-order valence-corrected chi connectivity index (χ0v) is 8.17. The molecule has 0 fully saturated rings. The first-order valence-corrected chi connectivity index (χ1v) is 6.02. The zero-order valence-electron chi connectivity index (χ0n) is 7.27. The second kappa shape index (κ2) is 4.12. The molecule has 0 aromatic carbocycles. The molecular weight excluding hydrogens is 177 g/mol. The van der Waals surface area contributed by atoms with Crippen molar-refractivity contribution in [2.24, 2.45) is 5.50 Å². The summed E-state index contributed by atoms with van der Waals surface area (Å²) in [6.45, 7) is 8.53. The van der Waals surface area contributed by atoms with Crippen molar-refractivity contribution in [2.75, 3.05) is 19.9 Å². The summed E-state index contributed by atoms with van der Waals surface area (Å²) in [5.41, 5.74) is 5.48. The van der Waals surface area contributed by atoms with Crippen LogP contribution in [0.25, 0.3) is 0 Å². The fraction of sp³-hybridized carbons (Fsp3) is 0.429. The van der Waals surface area contributed by atoms with Gasteiger partial charge in [0.05, 0.1) is 0 Å². The van der Waals surface area contributed by atoms with E-state index in [2.05, 4.69) is 13.2 Å². The first-order valence-electron chi connectivity index (χ1n) is 3.48. The van der Waals surface area contributed by atoms with Gasteiger partial charge < -0.3 is 0 Å². The van der Waals surface area contributed by atoms with E-state index < -0.39 is 7.43 Å². The van der Waals surface area contributed by atoms with E-state index in [0.717, 1.165) is 0 Å². The Hall–Kier alpha value is -0.250. The number of nitrogens with two attached hydrogens (primary N) is 1. The van der Waals surface area contributed by atoms with Crippen LogP contribution in [0.15, 0.2) is 25.3 Å². The van der Waals surface area contributed by atoms with Crippen molar-refractivity contribution in [3.8, 4) is 0 Å². The second-order valence-electron chi connectivity index (χ2n) is 2.56. The van der Waals surface area contributed by atoms with Crippen molar-refractivity contribution in [2.45, 2.75) is 0 Å². The normalized spacial score (nSPS) is 14.8. The van der Waals surface area contributed by atoms with E-state index in [-0.39, 0.29) is 13.2 Å². The van der Waals surface area contributed by atoms with Gasteiger partial charge in [-0.1, -0.05) is 0 Å². The summed E-state index contributed by atoms with van der Waals surface area (Å²) in [4.78, 5) is 9.61. The Bertz CT molecular complexity index is 157. The molecule has 0 saturated heterocycles. The molecule has 4 nitrogen and oxygen atoms in total. The van der Waals surface area contributed by atoms with Crippen LogP contribution >= 0.6 is 7.43 Å². The molecule has 0 rings (SSSR count). The third kappa shape index (κ3) is 5.41. The molecular formula is C7H16NO3P. The molecule has 0 aromatic rings. The third-order valence-electron chi connectivity index (χ3n) is 1.01. The summed E-state index contributed by atoms with van der Waals surface area (Å²) < 4.78 is 9.89. The predicted octanol–water partition coefficient (Wildman–Crippen LogP) is 1.19. The van der Waals surface area contributed by atoms with E-state index in [1.165, 1.54) is 18.8 Å². The monoisotopic (exact) mass is 193 g/mol. The van der Waals surface area contributed by atoms with Crippen LogP contribution in [0.5, 0.6) is 0 Å². The third-order valence-corrected chi connectivity index (χ3v) is 2.57. The van der Waals surface area contributed by atoms with Gasteiger partial charge in [0.25, 0.3) is 0 Å². The van der Waals surface area contributed by atoms with Gasteiger partial charge in [0.2, 0.25) is 0 Å². The molecule has 0 bridgehead atoms. The van der Waals surface area contributed by atoms with E-state index in [1.807, 2.05) is 0 Å². The molecule has 0 amide bonds. The number of hydrogen-bond acceptors (Lipinski definition) is 4. The van der Waals surface area contributed by atoms with Gasteiger partial charge >= 0.3 is 72.1 Å². The summed E-state index contributed by atoms with van der Waals surface area (Å²) in [5.74, 6) is 0. The predicted molar refractivity (Wildman–Crippen MR) is 51.5 cm³/mol. The molecule has 0 aliphatic heterocycles. The molecule has 72 valence electrons. The van der Waals surface area contributed by atoms with Crippen molar-refractivity contribution < 1.29 is 13.9 Å². The fourth-order valence-electron chi connectivity index (χ4n) is 0.505. The van der Waals surface area contributed by atoms with Crippen LogP contribution in [0.3, 0.4) is 0 Å². The van der Waals surface area contributed by atoms with Crippen LogP contribution in [0.4, 0.5) is 0 Å². The summed E-state index contributed by atoms with van der Waals surface area (Å²) in [5, 5.41) is 0. The maximum atomic E-state index is 9.61. The van der Waals surface area contributed by atoms with Crippen molar-refractivity contribution in [1.82, 2.24) is 0 Å². The molecule has 0 radical (unpaired) electrons. The SMILES string of the molecule is C=CCOP(C)(N)(O)OCC=C. The summed E-state index contributed by atoms with van der Waals surface area (Å²) in [6, 6.07) is 0. The van der Waals surface area contributed by atoms with Crippen LogP contribution in [-0.2, 0) is 9.05 Å². The first-order chi connectivity index (χ1) is 5.39. The Kier molecular flexibility index (Phi) is 4.03. The van der Waals surface area contributed by atoms with E-state index in [1.54, 1.807) is 0 Å². The van der Waals surface area contributed by atoms with Gasteiger partial charge in [0, 0.05) is 0 Å². The molecule has 3 N–H and O–H groups in total. The van der Waals surface area contributed by atoms with Gasteiger partial charge in [-0.05, 0) is 0 Å². The van der Waals surface area contributed by atoms with Crippen LogP contribution in [0.2, 0.25) is 0 Å². The number of hydrogen-bond donors (Lipinski definition) is 2. The Labute approximate surface area is 72.9 Å². The first kappa shape index (κ1) is 11.8. The van der Waals surface area contributed by atoms with Gasteiger partial charge in [0.15, 0.2) is 0 Å². The average molecular weight is 193 g/mol. The molecule has 0 unspecified atom stereocenters. The Morgan fingerprint density at radius 2 is 1.67 bits per heavy atom. The average Bonchev–Trinajstić information content (AvgIpc) is 1.97. The van der Waals surface area contributed by atoms with Gasteiger partial charge in [-0.2, -0.15) is 0 Å². The zero-order chi connectivity index (χ0) is 9.69. The molecule has 0 saturated carbocycles. The van der Waals surface area contributed by atoms with E-state index >= 15 is 0 Å². The molecule has 0 spiro atoms. The van der Waals surface area contributed by atoms with E-state index in [9.17, 15) is 4.89 Å². The summed E-state index contributed by atoms with van der Waals surface area (Å²) in [7, 11) is -3.85. The molecule has 0 aromatic heterocycles. The van der Waals surface area contributed by atoms with Gasteiger partial charge in [-0.15, -0.1) is 0 Å². The quantitative estimate of drug-likeness (QED) is 0.491. The topological polar surface area (TPSA) is 64.7 Å². The van der Waals surface area contributed by atoms with Gasteiger partial charge in [-0.3, -0.25) is 0 Å². The minimum atomic E-state index is -3.85. The molecule has 0 aliphatic rings. The van der Waals surface area contributed by atoms with Crippen LogP contribution < -0.4 is 5.50 Å². The minimum absolute atomic E-state index is 0.165. The Morgan fingerprint density at radius 1 is 1.33 bits per heavy atom. The molecule has 0 atom stereocenters. The van der Waals surface area contributed by atoms with Crippen molar-refractivity contribution in [3.05, 3.63) is 25.3 Å². The molecule has 12 heavy (non-hydrogen) atoms.